The first-order valence-corrected chi connectivity index (χ1v) is 8.70. The zero-order valence-electron chi connectivity index (χ0n) is 13.5. The van der Waals surface area contributed by atoms with Crippen molar-refractivity contribution < 1.29 is 14.4 Å². The molecule has 1 fully saturated rings. The first-order valence-electron chi connectivity index (χ1n) is 7.82. The van der Waals surface area contributed by atoms with Crippen molar-refractivity contribution in [2.24, 2.45) is 17.6 Å². The van der Waals surface area contributed by atoms with Crippen LogP contribution in [0.3, 0.4) is 0 Å². The lowest BCUT2D eigenvalue weighted by Gasteiger charge is -2.34. The number of carbonyl (C=O) groups excluding carboxylic acids is 3. The molecule has 0 aliphatic carbocycles. The molecule has 2 rings (SSSR count). The average Bonchev–Trinajstić information content (AvgIpc) is 3.06. The standard InChI is InChI=1S/C16H23N3O3S/c1-10(2)13(18-15(21)12-4-3-9-23-12)16(22)19-7-5-11(6-8-19)14(17)20/h3-4,9-11,13H,5-8H2,1-2H3,(H2,17,20)(H,18,21). The van der Waals surface area contributed by atoms with Crippen molar-refractivity contribution >= 4 is 29.1 Å². The summed E-state index contributed by atoms with van der Waals surface area (Å²) in [6.07, 6.45) is 1.18. The van der Waals surface area contributed by atoms with E-state index in [4.69, 9.17) is 5.73 Å². The van der Waals surface area contributed by atoms with E-state index in [1.807, 2.05) is 19.2 Å². The van der Waals surface area contributed by atoms with Crippen molar-refractivity contribution in [3.63, 3.8) is 0 Å². The number of nitrogens with zero attached hydrogens (tertiary/aromatic N) is 1. The van der Waals surface area contributed by atoms with Crippen LogP contribution in [0.25, 0.3) is 0 Å². The van der Waals surface area contributed by atoms with Gasteiger partial charge in [0.15, 0.2) is 0 Å². The maximum absolute atomic E-state index is 12.7. The topological polar surface area (TPSA) is 92.5 Å². The molecule has 3 N–H and O–H groups in total. The highest BCUT2D eigenvalue weighted by Crippen LogP contribution is 2.19. The Morgan fingerprint density at radius 2 is 1.96 bits per heavy atom. The summed E-state index contributed by atoms with van der Waals surface area (Å²) < 4.78 is 0. The summed E-state index contributed by atoms with van der Waals surface area (Å²) in [4.78, 5) is 38.5. The molecule has 1 aliphatic heterocycles. The Labute approximate surface area is 140 Å². The molecule has 2 heterocycles. The monoisotopic (exact) mass is 337 g/mol. The van der Waals surface area contributed by atoms with E-state index in [0.29, 0.717) is 30.8 Å². The normalized spacial score (nSPS) is 17.1. The number of hydrogen-bond donors (Lipinski definition) is 2. The highest BCUT2D eigenvalue weighted by molar-refractivity contribution is 7.12. The summed E-state index contributed by atoms with van der Waals surface area (Å²) in [5.74, 6) is -0.784. The predicted octanol–water partition coefficient (Wildman–Crippen LogP) is 1.23. The Kier molecular flexibility index (Phi) is 5.76. The molecule has 6 nitrogen and oxygen atoms in total. The average molecular weight is 337 g/mol. The number of primary amides is 1. The zero-order chi connectivity index (χ0) is 17.0. The molecule has 0 spiro atoms. The van der Waals surface area contributed by atoms with Crippen LogP contribution >= 0.6 is 11.3 Å². The van der Waals surface area contributed by atoms with Crippen LogP contribution in [0.5, 0.6) is 0 Å². The number of likely N-dealkylation sites (tertiary alicyclic amines) is 1. The maximum atomic E-state index is 12.7. The van der Waals surface area contributed by atoms with Gasteiger partial charge in [-0.1, -0.05) is 19.9 Å². The number of nitrogens with one attached hydrogen (secondary N) is 1. The van der Waals surface area contributed by atoms with E-state index in [1.54, 1.807) is 17.0 Å². The van der Waals surface area contributed by atoms with Gasteiger partial charge >= 0.3 is 0 Å². The van der Waals surface area contributed by atoms with E-state index >= 15 is 0 Å². The summed E-state index contributed by atoms with van der Waals surface area (Å²) in [6.45, 7) is 4.83. The van der Waals surface area contributed by atoms with Crippen LogP contribution < -0.4 is 11.1 Å². The highest BCUT2D eigenvalue weighted by Gasteiger charge is 2.32. The van der Waals surface area contributed by atoms with E-state index in [2.05, 4.69) is 5.32 Å². The first kappa shape index (κ1) is 17.5. The molecule has 1 aliphatic rings. The molecular weight excluding hydrogens is 314 g/mol. The minimum Gasteiger partial charge on any atom is -0.369 e. The second-order valence-electron chi connectivity index (χ2n) is 6.17. The van der Waals surface area contributed by atoms with E-state index in [1.165, 1.54) is 11.3 Å². The number of thiophene rings is 1. The molecule has 1 saturated heterocycles. The molecule has 0 bridgehead atoms. The van der Waals surface area contributed by atoms with Crippen LogP contribution in [0.15, 0.2) is 17.5 Å². The van der Waals surface area contributed by atoms with E-state index in [-0.39, 0.29) is 29.6 Å². The lowest BCUT2D eigenvalue weighted by Crippen LogP contribution is -2.53. The third-order valence-corrected chi connectivity index (χ3v) is 5.04. The molecule has 0 saturated carbocycles. The Morgan fingerprint density at radius 1 is 1.30 bits per heavy atom. The number of piperidine rings is 1. The molecule has 7 heteroatoms. The predicted molar refractivity (Wildman–Crippen MR) is 88.9 cm³/mol. The quantitative estimate of drug-likeness (QED) is 0.846. The third kappa shape index (κ3) is 4.31. The SMILES string of the molecule is CC(C)C(NC(=O)c1cccs1)C(=O)N1CCC(C(N)=O)CC1. The van der Waals surface area contributed by atoms with E-state index < -0.39 is 6.04 Å². The second-order valence-corrected chi connectivity index (χ2v) is 7.12. The largest absolute Gasteiger partial charge is 0.369 e. The summed E-state index contributed by atoms with van der Waals surface area (Å²) >= 11 is 1.35. The maximum Gasteiger partial charge on any atom is 0.262 e. The van der Waals surface area contributed by atoms with Crippen LogP contribution in [0.2, 0.25) is 0 Å². The van der Waals surface area contributed by atoms with Crippen molar-refractivity contribution in [1.29, 1.82) is 0 Å². The molecule has 1 unspecified atom stereocenters. The van der Waals surface area contributed by atoms with Gasteiger partial charge in [-0.05, 0) is 30.2 Å². The Hall–Kier alpha value is -1.89. The zero-order valence-corrected chi connectivity index (χ0v) is 14.3. The molecule has 0 aromatic carbocycles. The van der Waals surface area contributed by atoms with E-state index in [9.17, 15) is 14.4 Å². The van der Waals surface area contributed by atoms with Crippen LogP contribution in [0.1, 0.15) is 36.4 Å². The molecule has 3 amide bonds. The molecule has 1 aromatic rings. The van der Waals surface area contributed by atoms with Gasteiger partial charge in [-0.3, -0.25) is 14.4 Å². The number of amides is 3. The summed E-state index contributed by atoms with van der Waals surface area (Å²) in [6, 6.07) is 2.98. The first-order chi connectivity index (χ1) is 10.9. The fraction of sp³-hybridized carbons (Fsp3) is 0.562. The fourth-order valence-corrected chi connectivity index (χ4v) is 3.34. The summed E-state index contributed by atoms with van der Waals surface area (Å²) in [7, 11) is 0. The molecule has 1 aromatic heterocycles. The highest BCUT2D eigenvalue weighted by atomic mass is 32.1. The smallest absolute Gasteiger partial charge is 0.262 e. The number of carbonyl (C=O) groups is 3. The van der Waals surface area contributed by atoms with Crippen molar-refractivity contribution in [3.05, 3.63) is 22.4 Å². The second kappa shape index (κ2) is 7.59. The summed E-state index contributed by atoms with van der Waals surface area (Å²) in [5, 5.41) is 4.67. The van der Waals surface area contributed by atoms with Gasteiger partial charge in [0.2, 0.25) is 11.8 Å². The number of nitrogens with two attached hydrogens (primary N) is 1. The van der Waals surface area contributed by atoms with Gasteiger partial charge in [-0.25, -0.2) is 0 Å². The number of rotatable bonds is 5. The molecule has 0 radical (unpaired) electrons. The Morgan fingerprint density at radius 3 is 2.43 bits per heavy atom. The lowest BCUT2D eigenvalue weighted by atomic mass is 9.94. The van der Waals surface area contributed by atoms with Gasteiger partial charge in [0.25, 0.3) is 5.91 Å². The van der Waals surface area contributed by atoms with E-state index in [0.717, 1.165) is 0 Å². The van der Waals surface area contributed by atoms with Gasteiger partial charge in [0.05, 0.1) is 4.88 Å². The third-order valence-electron chi connectivity index (χ3n) is 4.17. The van der Waals surface area contributed by atoms with Gasteiger partial charge in [0.1, 0.15) is 6.04 Å². The van der Waals surface area contributed by atoms with Crippen LogP contribution in [-0.4, -0.2) is 41.8 Å². The molecule has 126 valence electrons. The minimum atomic E-state index is -0.560. The van der Waals surface area contributed by atoms with Crippen LogP contribution in [0, 0.1) is 11.8 Å². The van der Waals surface area contributed by atoms with Crippen molar-refractivity contribution in [3.8, 4) is 0 Å². The Balaban J connectivity index is 1.99. The van der Waals surface area contributed by atoms with Gasteiger partial charge in [0, 0.05) is 19.0 Å². The minimum absolute atomic E-state index is 0.0136. The van der Waals surface area contributed by atoms with Crippen LogP contribution in [0.4, 0.5) is 0 Å². The molecule has 1 atom stereocenters. The lowest BCUT2D eigenvalue weighted by molar-refractivity contribution is -0.137. The van der Waals surface area contributed by atoms with Crippen LogP contribution in [-0.2, 0) is 9.59 Å². The fourth-order valence-electron chi connectivity index (χ4n) is 2.71. The van der Waals surface area contributed by atoms with Crippen molar-refractivity contribution in [2.45, 2.75) is 32.7 Å². The van der Waals surface area contributed by atoms with Gasteiger partial charge in [-0.2, -0.15) is 0 Å². The number of hydrogen-bond acceptors (Lipinski definition) is 4. The van der Waals surface area contributed by atoms with Gasteiger partial charge < -0.3 is 16.0 Å². The van der Waals surface area contributed by atoms with Gasteiger partial charge in [-0.15, -0.1) is 11.3 Å². The summed E-state index contributed by atoms with van der Waals surface area (Å²) in [5.41, 5.74) is 5.32. The van der Waals surface area contributed by atoms with Crippen molar-refractivity contribution in [1.82, 2.24) is 10.2 Å². The Bertz CT molecular complexity index is 563. The molecule has 23 heavy (non-hydrogen) atoms. The van der Waals surface area contributed by atoms with Crippen molar-refractivity contribution in [2.75, 3.05) is 13.1 Å². The molecular formula is C16H23N3O3S.